The molecule has 0 radical (unpaired) electrons. The highest BCUT2D eigenvalue weighted by Crippen LogP contribution is 2.38. The molecule has 4 aromatic rings. The molecule has 8 nitrogen and oxygen atoms in total. The van der Waals surface area contributed by atoms with Gasteiger partial charge in [0, 0.05) is 49.9 Å². The number of hydrogen-bond donors (Lipinski definition) is 1. The van der Waals surface area contributed by atoms with Crippen LogP contribution in [0.15, 0.2) is 42.6 Å². The molecule has 2 atom stereocenters. The fourth-order valence-corrected chi connectivity index (χ4v) is 5.85. The molecule has 2 aromatic heterocycles. The molecule has 6 rings (SSSR count). The lowest BCUT2D eigenvalue weighted by atomic mass is 9.96. The smallest absolute Gasteiger partial charge is 0.319 e. The number of aromatic nitrogens is 3. The maximum atomic E-state index is 16.6. The summed E-state index contributed by atoms with van der Waals surface area (Å²) in [6.45, 7) is 2.48. The number of ether oxygens (including phenoxy) is 2. The molecular formula is C32H31F2N5O3. The van der Waals surface area contributed by atoms with E-state index in [0.29, 0.717) is 36.3 Å². The van der Waals surface area contributed by atoms with Crippen molar-refractivity contribution in [1.29, 1.82) is 0 Å². The van der Waals surface area contributed by atoms with Gasteiger partial charge in [-0.3, -0.25) is 9.88 Å². The molecule has 0 saturated carbocycles. The largest absolute Gasteiger partial charge is 0.508 e. The number of terminal acetylenes is 1. The maximum absolute atomic E-state index is 16.6. The van der Waals surface area contributed by atoms with Gasteiger partial charge in [0.05, 0.1) is 17.1 Å². The third kappa shape index (κ3) is 5.10. The molecular weight excluding hydrogens is 540 g/mol. The predicted molar refractivity (Wildman–Crippen MR) is 158 cm³/mol. The van der Waals surface area contributed by atoms with E-state index in [1.165, 1.54) is 30.5 Å². The highest BCUT2D eigenvalue weighted by Gasteiger charge is 2.30. The van der Waals surface area contributed by atoms with E-state index in [2.05, 4.69) is 37.8 Å². The molecule has 0 amide bonds. The topological polar surface area (TPSA) is 83.8 Å². The molecule has 1 N–H and O–H groups in total. The Bertz CT molecular complexity index is 1730. The molecule has 0 aliphatic carbocycles. The molecule has 1 unspecified atom stereocenters. The van der Waals surface area contributed by atoms with Gasteiger partial charge in [-0.25, -0.2) is 8.78 Å². The van der Waals surface area contributed by atoms with Crippen molar-refractivity contribution in [2.24, 2.45) is 0 Å². The molecule has 0 bridgehead atoms. The van der Waals surface area contributed by atoms with Crippen molar-refractivity contribution in [3.63, 3.8) is 0 Å². The second kappa shape index (κ2) is 11.5. The fourth-order valence-electron chi connectivity index (χ4n) is 5.85. The van der Waals surface area contributed by atoms with Gasteiger partial charge < -0.3 is 19.5 Å². The molecule has 216 valence electrons. The van der Waals surface area contributed by atoms with Crippen LogP contribution in [0.3, 0.4) is 0 Å². The van der Waals surface area contributed by atoms with Crippen LogP contribution >= 0.6 is 0 Å². The van der Waals surface area contributed by atoms with Crippen molar-refractivity contribution in [3.05, 3.63) is 59.8 Å². The molecule has 10 heteroatoms. The standard InChI is InChI=1S/C32H31F2N5O3/c1-4-23-26(33)10-9-19-13-21(40)15-24(27(19)23)29-28(34)30-25(16-35-29)31(39-11-7-5-6-8-12-39)37-32(36-30)42-18-20-14-22(41-3)17-38(20)2/h1,5-6,9-10,13,15-16,20,22,40H,7-8,11-12,14,17-18H2,2-3H3/t20?,22-/m1/s1. The Hall–Kier alpha value is -4.33. The number of fused-ring (bicyclic) bond motifs is 2. The number of nitrogens with zero attached hydrogens (tertiary/aromatic N) is 5. The quantitative estimate of drug-likeness (QED) is 0.254. The van der Waals surface area contributed by atoms with E-state index in [-0.39, 0.29) is 51.6 Å². The summed E-state index contributed by atoms with van der Waals surface area (Å²) in [7, 11) is 3.70. The first-order valence-corrected chi connectivity index (χ1v) is 13.9. The van der Waals surface area contributed by atoms with E-state index >= 15 is 4.39 Å². The first kappa shape index (κ1) is 27.8. The lowest BCUT2D eigenvalue weighted by molar-refractivity contribution is 0.111. The summed E-state index contributed by atoms with van der Waals surface area (Å²) in [6.07, 6.45) is 14.0. The van der Waals surface area contributed by atoms with Crippen molar-refractivity contribution in [3.8, 4) is 35.4 Å². The fraction of sp³-hybridized carbons (Fsp3) is 0.344. The molecule has 2 aromatic carbocycles. The van der Waals surface area contributed by atoms with Gasteiger partial charge in [-0.05, 0) is 49.9 Å². The zero-order chi connectivity index (χ0) is 29.4. The van der Waals surface area contributed by atoms with Crippen LogP contribution in [0.4, 0.5) is 14.6 Å². The van der Waals surface area contributed by atoms with Gasteiger partial charge in [-0.1, -0.05) is 24.1 Å². The molecule has 42 heavy (non-hydrogen) atoms. The molecule has 1 fully saturated rings. The number of likely N-dealkylation sites (tertiary alicyclic amines) is 1. The van der Waals surface area contributed by atoms with Gasteiger partial charge in [0.15, 0.2) is 5.82 Å². The van der Waals surface area contributed by atoms with E-state index in [1.807, 2.05) is 7.05 Å². The van der Waals surface area contributed by atoms with Crippen molar-refractivity contribution in [1.82, 2.24) is 19.9 Å². The molecule has 1 saturated heterocycles. The number of phenols is 1. The number of phenolic OH excluding ortho intramolecular Hbond substituents is 1. The van der Waals surface area contributed by atoms with Gasteiger partial charge >= 0.3 is 6.01 Å². The number of hydrogen-bond acceptors (Lipinski definition) is 8. The summed E-state index contributed by atoms with van der Waals surface area (Å²) < 4.78 is 42.9. The van der Waals surface area contributed by atoms with Crippen LogP contribution < -0.4 is 9.64 Å². The highest BCUT2D eigenvalue weighted by molar-refractivity contribution is 6.03. The summed E-state index contributed by atoms with van der Waals surface area (Å²) in [5.41, 5.74) is 0.0268. The number of likely N-dealkylation sites (N-methyl/N-ethyl adjacent to an activating group) is 1. The van der Waals surface area contributed by atoms with Gasteiger partial charge in [0.1, 0.15) is 35.2 Å². The summed E-state index contributed by atoms with van der Waals surface area (Å²) in [6, 6.07) is 5.64. The zero-order valence-electron chi connectivity index (χ0n) is 23.5. The highest BCUT2D eigenvalue weighted by atomic mass is 19.1. The van der Waals surface area contributed by atoms with E-state index < -0.39 is 11.6 Å². The Labute approximate surface area is 242 Å². The summed E-state index contributed by atoms with van der Waals surface area (Å²) in [5, 5.41) is 11.6. The van der Waals surface area contributed by atoms with Crippen LogP contribution in [0, 0.1) is 24.0 Å². The monoisotopic (exact) mass is 571 g/mol. The maximum Gasteiger partial charge on any atom is 0.319 e. The Morgan fingerprint density at radius 1 is 1.14 bits per heavy atom. The Morgan fingerprint density at radius 2 is 1.93 bits per heavy atom. The minimum Gasteiger partial charge on any atom is -0.508 e. The molecule has 2 aliphatic rings. The van der Waals surface area contributed by atoms with Crippen LogP contribution in [0.2, 0.25) is 0 Å². The Kier molecular flexibility index (Phi) is 7.62. The van der Waals surface area contributed by atoms with Crippen LogP contribution in [0.1, 0.15) is 24.8 Å². The van der Waals surface area contributed by atoms with E-state index in [1.54, 1.807) is 7.11 Å². The van der Waals surface area contributed by atoms with Crippen molar-refractivity contribution in [2.45, 2.75) is 31.4 Å². The average molecular weight is 572 g/mol. The van der Waals surface area contributed by atoms with Gasteiger partial charge in [0.2, 0.25) is 0 Å². The second-order valence-electron chi connectivity index (χ2n) is 10.7. The number of methoxy groups -OCH3 is 1. The van der Waals surface area contributed by atoms with Crippen LogP contribution in [-0.2, 0) is 4.74 Å². The van der Waals surface area contributed by atoms with E-state index in [4.69, 9.17) is 20.9 Å². The minimum atomic E-state index is -0.745. The van der Waals surface area contributed by atoms with E-state index in [0.717, 1.165) is 25.8 Å². The SMILES string of the molecule is C#Cc1c(F)ccc2cc(O)cc(-c3ncc4c(N5CCC=CCC5)nc(OCC5C[C@@H](OC)CN5C)nc4c3F)c12. The lowest BCUT2D eigenvalue weighted by Crippen LogP contribution is -2.31. The Balaban J connectivity index is 1.49. The Morgan fingerprint density at radius 3 is 2.64 bits per heavy atom. The van der Waals surface area contributed by atoms with E-state index in [9.17, 15) is 9.50 Å². The van der Waals surface area contributed by atoms with Gasteiger partial charge in [0.25, 0.3) is 0 Å². The molecule has 0 spiro atoms. The van der Waals surface area contributed by atoms with Crippen molar-refractivity contribution >= 4 is 27.5 Å². The summed E-state index contributed by atoms with van der Waals surface area (Å²) >= 11 is 0. The zero-order valence-corrected chi connectivity index (χ0v) is 23.5. The minimum absolute atomic E-state index is 0.0157. The van der Waals surface area contributed by atoms with Crippen LogP contribution in [0.25, 0.3) is 32.9 Å². The van der Waals surface area contributed by atoms with Crippen molar-refractivity contribution in [2.75, 3.05) is 45.3 Å². The summed E-state index contributed by atoms with van der Waals surface area (Å²) in [4.78, 5) is 17.9. The number of pyridine rings is 1. The number of halogens is 2. The third-order valence-electron chi connectivity index (χ3n) is 8.08. The predicted octanol–water partition coefficient (Wildman–Crippen LogP) is 5.06. The van der Waals surface area contributed by atoms with Gasteiger partial charge in [-0.15, -0.1) is 6.42 Å². The first-order chi connectivity index (χ1) is 20.4. The summed E-state index contributed by atoms with van der Waals surface area (Å²) in [5.74, 6) is 1.40. The number of aromatic hydroxyl groups is 1. The first-order valence-electron chi connectivity index (χ1n) is 13.9. The van der Waals surface area contributed by atoms with Crippen LogP contribution in [-0.4, -0.2) is 77.5 Å². The van der Waals surface area contributed by atoms with Crippen molar-refractivity contribution < 1.29 is 23.4 Å². The normalized spacial score (nSPS) is 19.4. The molecule has 4 heterocycles. The van der Waals surface area contributed by atoms with Crippen LogP contribution in [0.5, 0.6) is 11.8 Å². The average Bonchev–Trinajstić information content (AvgIpc) is 3.16. The number of rotatable bonds is 6. The second-order valence-corrected chi connectivity index (χ2v) is 10.7. The lowest BCUT2D eigenvalue weighted by Gasteiger charge is -2.24. The third-order valence-corrected chi connectivity index (χ3v) is 8.08. The van der Waals surface area contributed by atoms with Gasteiger partial charge in [-0.2, -0.15) is 9.97 Å². The number of anilines is 1. The molecule has 2 aliphatic heterocycles. The number of benzene rings is 2.